The van der Waals surface area contributed by atoms with E-state index in [9.17, 15) is 8.78 Å². The lowest BCUT2D eigenvalue weighted by molar-refractivity contribution is 0.0258. The number of rotatable bonds is 9. The molecule has 0 saturated heterocycles. The van der Waals surface area contributed by atoms with Crippen LogP contribution < -0.4 is 10.6 Å². The number of guanidine groups is 1. The zero-order valence-corrected chi connectivity index (χ0v) is 15.0. The maximum absolute atomic E-state index is 13.6. The van der Waals surface area contributed by atoms with E-state index in [1.54, 1.807) is 7.05 Å². The van der Waals surface area contributed by atoms with Gasteiger partial charge in [-0.3, -0.25) is 4.99 Å². The van der Waals surface area contributed by atoms with Gasteiger partial charge in [0.15, 0.2) is 5.96 Å². The average Bonchev–Trinajstić information content (AvgIpc) is 2.54. The minimum absolute atomic E-state index is 0.0941. The van der Waals surface area contributed by atoms with Crippen LogP contribution in [-0.4, -0.2) is 38.8 Å². The zero-order valence-electron chi connectivity index (χ0n) is 15.0. The van der Waals surface area contributed by atoms with E-state index in [4.69, 9.17) is 4.74 Å². The molecular weight excluding hydrogens is 312 g/mol. The number of ether oxygens (including phenoxy) is 1. The summed E-state index contributed by atoms with van der Waals surface area (Å²) in [6, 6.07) is 3.90. The average molecular weight is 341 g/mol. The SMILES string of the molecule is CCOC(CCNC(=NC)NCCc1c(F)cccc1F)C(C)C. The fraction of sp³-hybridized carbons (Fsp3) is 0.611. The van der Waals surface area contributed by atoms with Crippen LogP contribution in [0.5, 0.6) is 0 Å². The molecule has 0 amide bonds. The highest BCUT2D eigenvalue weighted by Gasteiger charge is 2.13. The summed E-state index contributed by atoms with van der Waals surface area (Å²) in [7, 11) is 1.67. The van der Waals surface area contributed by atoms with Crippen LogP contribution in [-0.2, 0) is 11.2 Å². The van der Waals surface area contributed by atoms with Crippen molar-refractivity contribution in [2.24, 2.45) is 10.9 Å². The van der Waals surface area contributed by atoms with Crippen molar-refractivity contribution in [3.63, 3.8) is 0 Å². The van der Waals surface area contributed by atoms with Gasteiger partial charge in [-0.1, -0.05) is 19.9 Å². The third-order valence-corrected chi connectivity index (χ3v) is 3.80. The highest BCUT2D eigenvalue weighted by atomic mass is 19.1. The molecule has 4 nitrogen and oxygen atoms in total. The fourth-order valence-electron chi connectivity index (χ4n) is 2.45. The second-order valence-electron chi connectivity index (χ2n) is 5.90. The monoisotopic (exact) mass is 341 g/mol. The molecule has 0 fully saturated rings. The molecule has 1 rings (SSSR count). The van der Waals surface area contributed by atoms with Gasteiger partial charge in [-0.25, -0.2) is 8.78 Å². The molecule has 1 atom stereocenters. The Balaban J connectivity index is 2.38. The van der Waals surface area contributed by atoms with Gasteiger partial charge in [0.25, 0.3) is 0 Å². The van der Waals surface area contributed by atoms with E-state index in [0.29, 0.717) is 25.0 Å². The molecule has 0 bridgehead atoms. The lowest BCUT2D eigenvalue weighted by Crippen LogP contribution is -2.40. The summed E-state index contributed by atoms with van der Waals surface area (Å²) in [4.78, 5) is 4.12. The lowest BCUT2D eigenvalue weighted by atomic mass is 10.0. The van der Waals surface area contributed by atoms with Crippen LogP contribution in [0.1, 0.15) is 32.8 Å². The van der Waals surface area contributed by atoms with E-state index >= 15 is 0 Å². The van der Waals surface area contributed by atoms with Gasteiger partial charge >= 0.3 is 0 Å². The Hall–Kier alpha value is -1.69. The molecule has 0 aliphatic rings. The molecule has 0 spiro atoms. The summed E-state index contributed by atoms with van der Waals surface area (Å²) >= 11 is 0. The first-order chi connectivity index (χ1) is 11.5. The van der Waals surface area contributed by atoms with Crippen LogP contribution in [0, 0.1) is 17.6 Å². The Morgan fingerprint density at radius 2 is 1.79 bits per heavy atom. The molecule has 0 aliphatic carbocycles. The first kappa shape index (κ1) is 20.4. The van der Waals surface area contributed by atoms with Gasteiger partial charge in [0.1, 0.15) is 11.6 Å². The van der Waals surface area contributed by atoms with Crippen LogP contribution in [0.2, 0.25) is 0 Å². The van der Waals surface area contributed by atoms with E-state index in [1.807, 2.05) is 6.92 Å². The largest absolute Gasteiger partial charge is 0.378 e. The summed E-state index contributed by atoms with van der Waals surface area (Å²) in [6.07, 6.45) is 1.33. The van der Waals surface area contributed by atoms with Gasteiger partial charge in [-0.2, -0.15) is 0 Å². The molecule has 0 heterocycles. The van der Waals surface area contributed by atoms with Gasteiger partial charge < -0.3 is 15.4 Å². The van der Waals surface area contributed by atoms with Crippen molar-refractivity contribution in [3.8, 4) is 0 Å². The minimum atomic E-state index is -0.517. The smallest absolute Gasteiger partial charge is 0.190 e. The summed E-state index contributed by atoms with van der Waals surface area (Å²) in [6.45, 7) is 8.08. The Morgan fingerprint density at radius 3 is 2.33 bits per heavy atom. The molecule has 1 aromatic carbocycles. The molecular formula is C18H29F2N3O. The Labute approximate surface area is 143 Å². The molecule has 2 N–H and O–H groups in total. The first-order valence-electron chi connectivity index (χ1n) is 8.48. The van der Waals surface area contributed by atoms with Gasteiger partial charge in [-0.15, -0.1) is 0 Å². The van der Waals surface area contributed by atoms with E-state index in [0.717, 1.165) is 13.0 Å². The summed E-state index contributed by atoms with van der Waals surface area (Å²) in [5.74, 6) is 0.0315. The quantitative estimate of drug-likeness (QED) is 0.536. The number of hydrogen-bond donors (Lipinski definition) is 2. The molecule has 0 aromatic heterocycles. The van der Waals surface area contributed by atoms with Crippen molar-refractivity contribution >= 4 is 5.96 Å². The topological polar surface area (TPSA) is 45.6 Å². The van der Waals surface area contributed by atoms with Gasteiger partial charge in [0.05, 0.1) is 6.10 Å². The molecule has 6 heteroatoms. The highest BCUT2D eigenvalue weighted by Crippen LogP contribution is 2.12. The number of benzene rings is 1. The number of hydrogen-bond acceptors (Lipinski definition) is 2. The Bertz CT molecular complexity index is 501. The normalized spacial score (nSPS) is 13.2. The molecule has 0 aliphatic heterocycles. The Kier molecular flexibility index (Phi) is 9.30. The van der Waals surface area contributed by atoms with E-state index in [-0.39, 0.29) is 18.1 Å². The predicted octanol–water partition coefficient (Wildman–Crippen LogP) is 3.12. The van der Waals surface area contributed by atoms with Crippen LogP contribution in [0.25, 0.3) is 0 Å². The van der Waals surface area contributed by atoms with Crippen LogP contribution in [0.4, 0.5) is 8.78 Å². The van der Waals surface area contributed by atoms with Crippen molar-refractivity contribution in [1.82, 2.24) is 10.6 Å². The van der Waals surface area contributed by atoms with Gasteiger partial charge in [0.2, 0.25) is 0 Å². The molecule has 0 radical (unpaired) electrons. The summed E-state index contributed by atoms with van der Waals surface area (Å²) < 4.78 is 32.8. The fourth-order valence-corrected chi connectivity index (χ4v) is 2.45. The van der Waals surface area contributed by atoms with Crippen LogP contribution in [0.15, 0.2) is 23.2 Å². The Morgan fingerprint density at radius 1 is 1.17 bits per heavy atom. The van der Waals surface area contributed by atoms with Crippen molar-refractivity contribution < 1.29 is 13.5 Å². The lowest BCUT2D eigenvalue weighted by Gasteiger charge is -2.21. The molecule has 136 valence electrons. The van der Waals surface area contributed by atoms with Gasteiger partial charge in [0, 0.05) is 32.3 Å². The number of nitrogens with one attached hydrogen (secondary N) is 2. The number of nitrogens with zero attached hydrogens (tertiary/aromatic N) is 1. The molecule has 1 unspecified atom stereocenters. The third-order valence-electron chi connectivity index (χ3n) is 3.80. The van der Waals surface area contributed by atoms with Crippen LogP contribution in [0.3, 0.4) is 0 Å². The van der Waals surface area contributed by atoms with Crippen molar-refractivity contribution in [2.45, 2.75) is 39.7 Å². The van der Waals surface area contributed by atoms with E-state index < -0.39 is 11.6 Å². The van der Waals surface area contributed by atoms with Crippen LogP contribution >= 0.6 is 0 Å². The summed E-state index contributed by atoms with van der Waals surface area (Å²) in [5, 5.41) is 6.27. The molecule has 0 saturated carbocycles. The molecule has 1 aromatic rings. The molecule has 24 heavy (non-hydrogen) atoms. The van der Waals surface area contributed by atoms with Gasteiger partial charge in [-0.05, 0) is 37.8 Å². The van der Waals surface area contributed by atoms with E-state index in [2.05, 4.69) is 29.5 Å². The van der Waals surface area contributed by atoms with Crippen molar-refractivity contribution in [1.29, 1.82) is 0 Å². The maximum atomic E-state index is 13.6. The number of halogens is 2. The first-order valence-corrected chi connectivity index (χ1v) is 8.48. The van der Waals surface area contributed by atoms with Crippen molar-refractivity contribution in [2.75, 3.05) is 26.7 Å². The minimum Gasteiger partial charge on any atom is -0.378 e. The zero-order chi connectivity index (χ0) is 17.9. The maximum Gasteiger partial charge on any atom is 0.190 e. The summed E-state index contributed by atoms with van der Waals surface area (Å²) in [5.41, 5.74) is 0.0941. The standard InChI is InChI=1S/C18H29F2N3O/c1-5-24-17(13(2)3)10-12-23-18(21-4)22-11-9-14-15(19)7-6-8-16(14)20/h6-8,13,17H,5,9-12H2,1-4H3,(H2,21,22,23). The predicted molar refractivity (Wildman–Crippen MR) is 94.3 cm³/mol. The second-order valence-corrected chi connectivity index (χ2v) is 5.90. The number of aliphatic imine (C=N–C) groups is 1. The second kappa shape index (κ2) is 11.0. The van der Waals surface area contributed by atoms with Crippen molar-refractivity contribution in [3.05, 3.63) is 35.4 Å². The highest BCUT2D eigenvalue weighted by molar-refractivity contribution is 5.79. The van der Waals surface area contributed by atoms with E-state index in [1.165, 1.54) is 18.2 Å². The third kappa shape index (κ3) is 6.83.